The molecule has 0 bridgehead atoms. The van der Waals surface area contributed by atoms with Crippen molar-refractivity contribution in [2.24, 2.45) is 17.3 Å². The summed E-state index contributed by atoms with van der Waals surface area (Å²) in [5.41, 5.74) is -0.0829. The van der Waals surface area contributed by atoms with Crippen molar-refractivity contribution in [3.63, 3.8) is 0 Å². The number of carbonyl (C=O) groups excluding carboxylic acids is 1. The fourth-order valence-electron chi connectivity index (χ4n) is 2.43. The Morgan fingerprint density at radius 3 is 2.35 bits per heavy atom. The Balaban J connectivity index is 1.76. The van der Waals surface area contributed by atoms with E-state index < -0.39 is 5.97 Å². The van der Waals surface area contributed by atoms with E-state index in [0.717, 1.165) is 12.8 Å². The van der Waals surface area contributed by atoms with Crippen LogP contribution in [-0.4, -0.2) is 35.2 Å². The number of carboxylic acids is 1. The van der Waals surface area contributed by atoms with Crippen molar-refractivity contribution < 1.29 is 19.8 Å². The van der Waals surface area contributed by atoms with Gasteiger partial charge in [-0.1, -0.05) is 0 Å². The van der Waals surface area contributed by atoms with Gasteiger partial charge >= 0.3 is 5.97 Å². The van der Waals surface area contributed by atoms with E-state index in [-0.39, 0.29) is 29.8 Å². The first-order valence-electron chi connectivity index (χ1n) is 6.18. The van der Waals surface area contributed by atoms with Gasteiger partial charge in [-0.2, -0.15) is 0 Å². The minimum Gasteiger partial charge on any atom is -0.481 e. The van der Waals surface area contributed by atoms with Gasteiger partial charge in [0.1, 0.15) is 0 Å². The molecule has 96 valence electrons. The molecule has 0 aromatic carbocycles. The zero-order chi connectivity index (χ0) is 12.5. The SMILES string of the molecule is O=C(O)[C@H]1CC[C@@H](C(=O)NCC2(CO)CC2)C1. The number of hydrogen-bond acceptors (Lipinski definition) is 3. The molecule has 0 unspecified atom stereocenters. The molecule has 3 N–H and O–H groups in total. The molecule has 2 aliphatic rings. The third-order valence-corrected chi connectivity index (χ3v) is 4.08. The first kappa shape index (κ1) is 12.4. The molecule has 0 aromatic heterocycles. The molecule has 0 spiro atoms. The number of carbonyl (C=O) groups is 2. The first-order valence-corrected chi connectivity index (χ1v) is 6.18. The molecule has 2 saturated carbocycles. The van der Waals surface area contributed by atoms with Crippen LogP contribution < -0.4 is 5.32 Å². The van der Waals surface area contributed by atoms with Gasteiger partial charge in [0.2, 0.25) is 5.91 Å². The number of amides is 1. The zero-order valence-corrected chi connectivity index (χ0v) is 9.82. The van der Waals surface area contributed by atoms with Crippen LogP contribution in [0, 0.1) is 17.3 Å². The van der Waals surface area contributed by atoms with Crippen LogP contribution in [-0.2, 0) is 9.59 Å². The van der Waals surface area contributed by atoms with E-state index in [1.807, 2.05) is 0 Å². The highest BCUT2D eigenvalue weighted by Crippen LogP contribution is 2.44. The topological polar surface area (TPSA) is 86.6 Å². The fourth-order valence-corrected chi connectivity index (χ4v) is 2.43. The van der Waals surface area contributed by atoms with Gasteiger partial charge in [-0.15, -0.1) is 0 Å². The summed E-state index contributed by atoms with van der Waals surface area (Å²) >= 11 is 0. The summed E-state index contributed by atoms with van der Waals surface area (Å²) in [7, 11) is 0. The van der Waals surface area contributed by atoms with Crippen molar-refractivity contribution in [2.45, 2.75) is 32.1 Å². The second-order valence-corrected chi connectivity index (χ2v) is 5.42. The first-order chi connectivity index (χ1) is 8.06. The smallest absolute Gasteiger partial charge is 0.306 e. The van der Waals surface area contributed by atoms with E-state index in [1.165, 1.54) is 0 Å². The van der Waals surface area contributed by atoms with Crippen LogP contribution >= 0.6 is 0 Å². The van der Waals surface area contributed by atoms with E-state index in [9.17, 15) is 9.59 Å². The highest BCUT2D eigenvalue weighted by molar-refractivity contribution is 5.80. The summed E-state index contributed by atoms with van der Waals surface area (Å²) in [5, 5.41) is 20.8. The van der Waals surface area contributed by atoms with Crippen LogP contribution in [0.25, 0.3) is 0 Å². The van der Waals surface area contributed by atoms with Gasteiger partial charge in [0.25, 0.3) is 0 Å². The molecule has 0 aromatic rings. The lowest BCUT2D eigenvalue weighted by molar-refractivity contribution is -0.141. The predicted octanol–water partition coefficient (Wildman–Crippen LogP) is 0.376. The van der Waals surface area contributed by atoms with Crippen molar-refractivity contribution >= 4 is 11.9 Å². The molecule has 2 fully saturated rings. The van der Waals surface area contributed by atoms with E-state index in [4.69, 9.17) is 10.2 Å². The Morgan fingerprint density at radius 2 is 1.88 bits per heavy atom. The Morgan fingerprint density at radius 1 is 1.24 bits per heavy atom. The van der Waals surface area contributed by atoms with Gasteiger partial charge in [0.05, 0.1) is 12.5 Å². The predicted molar refractivity (Wildman–Crippen MR) is 60.2 cm³/mol. The second-order valence-electron chi connectivity index (χ2n) is 5.42. The quantitative estimate of drug-likeness (QED) is 0.649. The third kappa shape index (κ3) is 2.77. The molecule has 5 heteroatoms. The van der Waals surface area contributed by atoms with Crippen LogP contribution in [0.15, 0.2) is 0 Å². The molecular weight excluding hydrogens is 222 g/mol. The minimum absolute atomic E-state index is 0.0477. The maximum absolute atomic E-state index is 11.8. The lowest BCUT2D eigenvalue weighted by Crippen LogP contribution is -2.35. The maximum atomic E-state index is 11.8. The summed E-state index contributed by atoms with van der Waals surface area (Å²) < 4.78 is 0. The van der Waals surface area contributed by atoms with Gasteiger partial charge in [-0.3, -0.25) is 9.59 Å². The van der Waals surface area contributed by atoms with E-state index in [2.05, 4.69) is 5.32 Å². The summed E-state index contributed by atoms with van der Waals surface area (Å²) in [6, 6.07) is 0. The Bertz CT molecular complexity index is 324. The van der Waals surface area contributed by atoms with Crippen LogP contribution in [0.3, 0.4) is 0 Å². The van der Waals surface area contributed by atoms with Gasteiger partial charge in [-0.05, 0) is 32.1 Å². The average Bonchev–Trinajstić information content (AvgIpc) is 2.92. The van der Waals surface area contributed by atoms with E-state index >= 15 is 0 Å². The average molecular weight is 241 g/mol. The zero-order valence-electron chi connectivity index (χ0n) is 9.82. The summed E-state index contributed by atoms with van der Waals surface area (Å²) in [6.45, 7) is 0.645. The van der Waals surface area contributed by atoms with Crippen molar-refractivity contribution in [3.05, 3.63) is 0 Å². The highest BCUT2D eigenvalue weighted by atomic mass is 16.4. The number of hydrogen-bond donors (Lipinski definition) is 3. The molecule has 0 heterocycles. The normalized spacial score (nSPS) is 29.9. The second kappa shape index (κ2) is 4.64. The van der Waals surface area contributed by atoms with Gasteiger partial charge < -0.3 is 15.5 Å². The van der Waals surface area contributed by atoms with Crippen LogP contribution in [0.2, 0.25) is 0 Å². The van der Waals surface area contributed by atoms with Crippen molar-refractivity contribution in [2.75, 3.05) is 13.2 Å². The largest absolute Gasteiger partial charge is 0.481 e. The number of carboxylic acid groups (broad SMARTS) is 1. The minimum atomic E-state index is -0.797. The molecular formula is C12H19NO4. The van der Waals surface area contributed by atoms with Crippen LogP contribution in [0.4, 0.5) is 0 Å². The molecule has 1 amide bonds. The third-order valence-electron chi connectivity index (χ3n) is 4.08. The molecule has 2 atom stereocenters. The lowest BCUT2D eigenvalue weighted by Gasteiger charge is -2.15. The number of aliphatic carboxylic acids is 1. The van der Waals surface area contributed by atoms with E-state index in [1.54, 1.807) is 0 Å². The monoisotopic (exact) mass is 241 g/mol. The Labute approximate surface area is 100 Å². The summed E-state index contributed by atoms with van der Waals surface area (Å²) in [6.07, 6.45) is 3.64. The fraction of sp³-hybridized carbons (Fsp3) is 0.833. The summed E-state index contributed by atoms with van der Waals surface area (Å²) in [4.78, 5) is 22.6. The molecule has 0 aliphatic heterocycles. The Hall–Kier alpha value is -1.10. The Kier molecular flexibility index (Phi) is 3.38. The molecule has 2 aliphatic carbocycles. The van der Waals surface area contributed by atoms with Gasteiger partial charge in [0, 0.05) is 17.9 Å². The standard InChI is InChI=1S/C12H19NO4/c14-7-12(3-4-12)6-13-10(15)8-1-2-9(5-8)11(16)17/h8-9,14H,1-7H2,(H,13,15)(H,16,17)/t8-,9+/m1/s1. The van der Waals surface area contributed by atoms with Crippen molar-refractivity contribution in [1.82, 2.24) is 5.32 Å². The van der Waals surface area contributed by atoms with Crippen LogP contribution in [0.1, 0.15) is 32.1 Å². The molecule has 17 heavy (non-hydrogen) atoms. The number of nitrogens with one attached hydrogen (secondary N) is 1. The molecule has 5 nitrogen and oxygen atoms in total. The number of aliphatic hydroxyl groups is 1. The molecule has 2 rings (SSSR count). The van der Waals surface area contributed by atoms with Crippen molar-refractivity contribution in [3.8, 4) is 0 Å². The number of rotatable bonds is 5. The van der Waals surface area contributed by atoms with Gasteiger partial charge in [-0.25, -0.2) is 0 Å². The maximum Gasteiger partial charge on any atom is 0.306 e. The van der Waals surface area contributed by atoms with E-state index in [0.29, 0.717) is 25.8 Å². The molecule has 0 saturated heterocycles. The lowest BCUT2D eigenvalue weighted by atomic mass is 10.0. The molecule has 0 radical (unpaired) electrons. The van der Waals surface area contributed by atoms with Crippen LogP contribution in [0.5, 0.6) is 0 Å². The number of aliphatic hydroxyl groups excluding tert-OH is 1. The van der Waals surface area contributed by atoms with Gasteiger partial charge in [0.15, 0.2) is 0 Å². The van der Waals surface area contributed by atoms with Crippen molar-refractivity contribution in [1.29, 1.82) is 0 Å². The summed E-state index contributed by atoms with van der Waals surface area (Å²) in [5.74, 6) is -1.37. The highest BCUT2D eigenvalue weighted by Gasteiger charge is 2.43.